The van der Waals surface area contributed by atoms with Gasteiger partial charge in [0.1, 0.15) is 0 Å². The second-order valence-corrected chi connectivity index (χ2v) is 7.30. The van der Waals surface area contributed by atoms with Crippen molar-refractivity contribution in [2.45, 2.75) is 52.5 Å². The van der Waals surface area contributed by atoms with Crippen LogP contribution in [0.3, 0.4) is 0 Å². The van der Waals surface area contributed by atoms with Gasteiger partial charge in [-0.15, -0.1) is 0 Å². The molecule has 1 aliphatic carbocycles. The van der Waals surface area contributed by atoms with E-state index < -0.39 is 0 Å². The molecule has 1 fully saturated rings. The minimum Gasteiger partial charge on any atom is -0.349 e. The lowest BCUT2D eigenvalue weighted by Gasteiger charge is -2.09. The van der Waals surface area contributed by atoms with Crippen molar-refractivity contribution in [3.63, 3.8) is 0 Å². The summed E-state index contributed by atoms with van der Waals surface area (Å²) in [4.78, 5) is 12.8. The first-order valence-corrected chi connectivity index (χ1v) is 9.05. The lowest BCUT2D eigenvalue weighted by atomic mass is 10.0. The van der Waals surface area contributed by atoms with Crippen LogP contribution in [-0.4, -0.2) is 21.7 Å². The van der Waals surface area contributed by atoms with E-state index in [0.717, 1.165) is 48.3 Å². The van der Waals surface area contributed by atoms with Crippen LogP contribution < -0.4 is 5.32 Å². The fraction of sp³-hybridized carbons (Fsp3) is 0.474. The molecule has 0 saturated heterocycles. The summed E-state index contributed by atoms with van der Waals surface area (Å²) in [6, 6.07) is 7.94. The van der Waals surface area contributed by atoms with Gasteiger partial charge in [0.25, 0.3) is 5.91 Å². The predicted octanol–water partition coefficient (Wildman–Crippen LogP) is 4.18. The maximum atomic E-state index is 12.8. The van der Waals surface area contributed by atoms with E-state index in [-0.39, 0.29) is 5.91 Å². The molecule has 0 unspecified atom stereocenters. The Morgan fingerprint density at radius 3 is 2.75 bits per heavy atom. The van der Waals surface area contributed by atoms with Gasteiger partial charge in [0.15, 0.2) is 0 Å². The van der Waals surface area contributed by atoms with E-state index in [9.17, 15) is 4.79 Å². The fourth-order valence-electron chi connectivity index (χ4n) is 2.93. The van der Waals surface area contributed by atoms with Crippen molar-refractivity contribution in [1.82, 2.24) is 15.1 Å². The second-order valence-electron chi connectivity index (χ2n) is 6.86. The van der Waals surface area contributed by atoms with Crippen molar-refractivity contribution in [1.29, 1.82) is 0 Å². The molecule has 1 heterocycles. The number of halogens is 1. The van der Waals surface area contributed by atoms with Gasteiger partial charge in [0.05, 0.1) is 22.6 Å². The van der Waals surface area contributed by atoms with E-state index in [4.69, 9.17) is 16.7 Å². The Kier molecular flexibility index (Phi) is 4.95. The molecule has 4 nitrogen and oxygen atoms in total. The van der Waals surface area contributed by atoms with Crippen LogP contribution in [0.2, 0.25) is 5.02 Å². The van der Waals surface area contributed by atoms with Crippen LogP contribution >= 0.6 is 11.6 Å². The number of carbonyl (C=O) groups excluding carboxylic acids is 1. The second kappa shape index (κ2) is 6.98. The average molecular weight is 346 g/mol. The summed E-state index contributed by atoms with van der Waals surface area (Å²) >= 11 is 6.14. The molecule has 1 aromatic heterocycles. The van der Waals surface area contributed by atoms with Gasteiger partial charge in [-0.2, -0.15) is 5.10 Å². The van der Waals surface area contributed by atoms with Gasteiger partial charge < -0.3 is 5.32 Å². The van der Waals surface area contributed by atoms with Crippen molar-refractivity contribution in [2.75, 3.05) is 0 Å². The van der Waals surface area contributed by atoms with E-state index in [1.54, 1.807) is 0 Å². The minimum atomic E-state index is 0.0123. The lowest BCUT2D eigenvalue weighted by Crippen LogP contribution is -2.27. The smallest absolute Gasteiger partial charge is 0.255 e. The first kappa shape index (κ1) is 17.0. The standard InChI is InChI=1S/C19H24ClN3O/c1-4-17-18(19(24)21-14-8-9-14)16(10-12(2)3)22-23(17)15-7-5-6-13(20)11-15/h5-7,11-12,14H,4,8-10H2,1-3H3,(H,21,24). The Morgan fingerprint density at radius 1 is 1.42 bits per heavy atom. The summed E-state index contributed by atoms with van der Waals surface area (Å²) in [7, 11) is 0. The number of nitrogens with zero attached hydrogens (tertiary/aromatic N) is 2. The van der Waals surface area contributed by atoms with Crippen LogP contribution in [0.5, 0.6) is 0 Å². The van der Waals surface area contributed by atoms with Crippen LogP contribution in [-0.2, 0) is 12.8 Å². The first-order chi connectivity index (χ1) is 11.5. The predicted molar refractivity (Wildman–Crippen MR) is 97.0 cm³/mol. The van der Waals surface area contributed by atoms with E-state index >= 15 is 0 Å². The molecular weight excluding hydrogens is 322 g/mol. The molecule has 1 N–H and O–H groups in total. The van der Waals surface area contributed by atoms with Gasteiger partial charge in [-0.1, -0.05) is 38.4 Å². The summed E-state index contributed by atoms with van der Waals surface area (Å²) in [5, 5.41) is 8.56. The molecule has 1 amide bonds. The SMILES string of the molecule is CCc1c(C(=O)NC2CC2)c(CC(C)C)nn1-c1cccc(Cl)c1. The molecule has 1 aliphatic rings. The van der Waals surface area contributed by atoms with Crippen LogP contribution in [0.1, 0.15) is 55.4 Å². The number of nitrogens with one attached hydrogen (secondary N) is 1. The maximum Gasteiger partial charge on any atom is 0.255 e. The number of hydrogen-bond donors (Lipinski definition) is 1. The molecule has 5 heteroatoms. The van der Waals surface area contributed by atoms with Crippen molar-refractivity contribution in [3.05, 3.63) is 46.2 Å². The zero-order valence-corrected chi connectivity index (χ0v) is 15.2. The van der Waals surface area contributed by atoms with Gasteiger partial charge in [-0.3, -0.25) is 4.79 Å². The van der Waals surface area contributed by atoms with Gasteiger partial charge in [-0.05, 0) is 49.8 Å². The number of carbonyl (C=O) groups is 1. The normalized spacial score (nSPS) is 14.2. The zero-order chi connectivity index (χ0) is 17.3. The van der Waals surface area contributed by atoms with E-state index in [2.05, 4.69) is 26.1 Å². The molecule has 24 heavy (non-hydrogen) atoms. The lowest BCUT2D eigenvalue weighted by molar-refractivity contribution is 0.0949. The highest BCUT2D eigenvalue weighted by molar-refractivity contribution is 6.30. The molecule has 128 valence electrons. The summed E-state index contributed by atoms with van der Waals surface area (Å²) < 4.78 is 1.88. The Morgan fingerprint density at radius 2 is 2.17 bits per heavy atom. The largest absolute Gasteiger partial charge is 0.349 e. The topological polar surface area (TPSA) is 46.9 Å². The molecule has 1 aromatic carbocycles. The molecule has 0 radical (unpaired) electrons. The highest BCUT2D eigenvalue weighted by Crippen LogP contribution is 2.25. The molecule has 1 saturated carbocycles. The third-order valence-electron chi connectivity index (χ3n) is 4.18. The molecular formula is C19H24ClN3O. The van der Waals surface area contributed by atoms with Crippen molar-refractivity contribution >= 4 is 17.5 Å². The Bertz CT molecular complexity index is 747. The summed E-state index contributed by atoms with van der Waals surface area (Å²) in [6.07, 6.45) is 3.68. The highest BCUT2D eigenvalue weighted by atomic mass is 35.5. The quantitative estimate of drug-likeness (QED) is 0.853. The maximum absolute atomic E-state index is 12.8. The van der Waals surface area contributed by atoms with Crippen molar-refractivity contribution in [2.24, 2.45) is 5.92 Å². The van der Waals surface area contributed by atoms with Gasteiger partial charge in [0.2, 0.25) is 0 Å². The van der Waals surface area contributed by atoms with E-state index in [1.165, 1.54) is 0 Å². The molecule has 0 bridgehead atoms. The Labute approximate surface area is 148 Å². The van der Waals surface area contributed by atoms with Gasteiger partial charge >= 0.3 is 0 Å². The molecule has 3 rings (SSSR count). The summed E-state index contributed by atoms with van der Waals surface area (Å²) in [5.41, 5.74) is 3.47. The number of aromatic nitrogens is 2. The number of benzene rings is 1. The summed E-state index contributed by atoms with van der Waals surface area (Å²) in [6.45, 7) is 6.35. The van der Waals surface area contributed by atoms with Crippen LogP contribution in [0.15, 0.2) is 24.3 Å². The third kappa shape index (κ3) is 3.64. The monoisotopic (exact) mass is 345 g/mol. The van der Waals surface area contributed by atoms with E-state index in [1.807, 2.05) is 28.9 Å². The van der Waals surface area contributed by atoms with Gasteiger partial charge in [-0.25, -0.2) is 4.68 Å². The van der Waals surface area contributed by atoms with Crippen LogP contribution in [0.4, 0.5) is 0 Å². The third-order valence-corrected chi connectivity index (χ3v) is 4.42. The Hall–Kier alpha value is -1.81. The fourth-order valence-corrected chi connectivity index (χ4v) is 3.11. The molecule has 0 atom stereocenters. The van der Waals surface area contributed by atoms with Crippen molar-refractivity contribution < 1.29 is 4.79 Å². The first-order valence-electron chi connectivity index (χ1n) is 8.67. The molecule has 0 aliphatic heterocycles. The number of amides is 1. The highest BCUT2D eigenvalue weighted by Gasteiger charge is 2.29. The average Bonchev–Trinajstić information content (AvgIpc) is 3.25. The zero-order valence-electron chi connectivity index (χ0n) is 14.5. The number of hydrogen-bond acceptors (Lipinski definition) is 2. The van der Waals surface area contributed by atoms with Crippen molar-refractivity contribution in [3.8, 4) is 5.69 Å². The minimum absolute atomic E-state index is 0.0123. The van der Waals surface area contributed by atoms with Gasteiger partial charge in [0, 0.05) is 11.1 Å². The van der Waals surface area contributed by atoms with E-state index in [0.29, 0.717) is 17.0 Å². The summed E-state index contributed by atoms with van der Waals surface area (Å²) in [5.74, 6) is 0.447. The molecule has 2 aromatic rings. The van der Waals surface area contributed by atoms with Crippen LogP contribution in [0.25, 0.3) is 5.69 Å². The molecule has 0 spiro atoms. The Balaban J connectivity index is 2.08. The number of rotatable bonds is 6. The van der Waals surface area contributed by atoms with Crippen LogP contribution in [0, 0.1) is 5.92 Å².